The summed E-state index contributed by atoms with van der Waals surface area (Å²) < 4.78 is 37.7. The van der Waals surface area contributed by atoms with Gasteiger partial charge in [-0.05, 0) is 25.2 Å². The highest BCUT2D eigenvalue weighted by Gasteiger charge is 2.31. The summed E-state index contributed by atoms with van der Waals surface area (Å²) in [6.45, 7) is -0.664. The number of carboxylic acid groups (broad SMARTS) is 1. The summed E-state index contributed by atoms with van der Waals surface area (Å²) in [6.07, 6.45) is -4.55. The molecule has 5 nitrogen and oxygen atoms in total. The van der Waals surface area contributed by atoms with E-state index in [9.17, 15) is 22.8 Å². The van der Waals surface area contributed by atoms with Crippen molar-refractivity contribution in [3.8, 4) is 0 Å². The van der Waals surface area contributed by atoms with Gasteiger partial charge < -0.3 is 10.4 Å². The van der Waals surface area contributed by atoms with Crippen molar-refractivity contribution in [3.05, 3.63) is 28.8 Å². The molecule has 0 heterocycles. The number of nitrogens with one attached hydrogen (secondary N) is 1. The van der Waals surface area contributed by atoms with Gasteiger partial charge in [0, 0.05) is 0 Å². The lowest BCUT2D eigenvalue weighted by Gasteiger charge is -2.15. The Morgan fingerprint density at radius 1 is 1.33 bits per heavy atom. The lowest BCUT2D eigenvalue weighted by atomic mass is 10.2. The van der Waals surface area contributed by atoms with Crippen molar-refractivity contribution in [3.63, 3.8) is 0 Å². The summed E-state index contributed by atoms with van der Waals surface area (Å²) in [5, 5.41) is 10.7. The number of alkyl halides is 3. The molecule has 0 aliphatic carbocycles. The molecule has 0 saturated carbocycles. The van der Waals surface area contributed by atoms with Crippen LogP contribution in [0.4, 0.5) is 18.9 Å². The number of likely N-dealkylation sites (N-methyl/N-ethyl adjacent to an activating group) is 1. The number of nitrogens with zero attached hydrogens (tertiary/aromatic N) is 1. The summed E-state index contributed by atoms with van der Waals surface area (Å²) >= 11 is 5.72. The molecule has 1 rings (SSSR count). The topological polar surface area (TPSA) is 69.6 Å². The lowest BCUT2D eigenvalue weighted by molar-refractivity contribution is -0.139. The summed E-state index contributed by atoms with van der Waals surface area (Å²) in [6, 6.07) is 2.55. The zero-order valence-electron chi connectivity index (χ0n) is 10.9. The van der Waals surface area contributed by atoms with Crippen LogP contribution in [0, 0.1) is 0 Å². The molecule has 2 N–H and O–H groups in total. The van der Waals surface area contributed by atoms with E-state index in [2.05, 4.69) is 5.32 Å². The van der Waals surface area contributed by atoms with Gasteiger partial charge in [0.2, 0.25) is 5.91 Å². The molecule has 1 amide bonds. The van der Waals surface area contributed by atoms with Crippen molar-refractivity contribution in [1.29, 1.82) is 0 Å². The predicted molar refractivity (Wildman–Crippen MR) is 70.2 cm³/mol. The van der Waals surface area contributed by atoms with Crippen LogP contribution in [0.5, 0.6) is 0 Å². The van der Waals surface area contributed by atoms with Crippen molar-refractivity contribution in [2.45, 2.75) is 6.18 Å². The molecule has 0 unspecified atom stereocenters. The van der Waals surface area contributed by atoms with Gasteiger partial charge in [-0.15, -0.1) is 0 Å². The lowest BCUT2D eigenvalue weighted by Crippen LogP contribution is -2.33. The van der Waals surface area contributed by atoms with E-state index < -0.39 is 23.6 Å². The minimum absolute atomic E-state index is 0.0442. The van der Waals surface area contributed by atoms with Gasteiger partial charge in [-0.3, -0.25) is 14.5 Å². The van der Waals surface area contributed by atoms with Crippen LogP contribution in [0.3, 0.4) is 0 Å². The molecule has 116 valence electrons. The second-order valence-electron chi connectivity index (χ2n) is 4.31. The van der Waals surface area contributed by atoms with Crippen LogP contribution >= 0.6 is 11.6 Å². The molecular formula is C12H12ClF3N2O3. The Kier molecular flexibility index (Phi) is 5.56. The number of halogens is 4. The Bertz CT molecular complexity index is 549. The Balaban J connectivity index is 2.78. The fourth-order valence-electron chi connectivity index (χ4n) is 1.52. The first-order valence-electron chi connectivity index (χ1n) is 5.66. The number of amides is 1. The highest BCUT2D eigenvalue weighted by molar-refractivity contribution is 6.33. The number of carbonyl (C=O) groups is 2. The molecule has 0 saturated heterocycles. The smallest absolute Gasteiger partial charge is 0.416 e. The molecule has 1 aromatic carbocycles. The summed E-state index contributed by atoms with van der Waals surface area (Å²) in [5.74, 6) is -1.79. The maximum Gasteiger partial charge on any atom is 0.416 e. The van der Waals surface area contributed by atoms with Crippen LogP contribution < -0.4 is 5.32 Å². The van der Waals surface area contributed by atoms with Crippen LogP contribution in [-0.2, 0) is 15.8 Å². The molecule has 0 aliphatic rings. The normalized spacial score (nSPS) is 11.5. The van der Waals surface area contributed by atoms with E-state index in [1.165, 1.54) is 11.9 Å². The fraction of sp³-hybridized carbons (Fsp3) is 0.333. The zero-order chi connectivity index (χ0) is 16.2. The average Bonchev–Trinajstić information content (AvgIpc) is 2.28. The minimum Gasteiger partial charge on any atom is -0.480 e. The molecule has 0 spiro atoms. The first-order chi connectivity index (χ1) is 9.59. The van der Waals surface area contributed by atoms with Crippen LogP contribution in [0.2, 0.25) is 5.02 Å². The van der Waals surface area contributed by atoms with Crippen molar-refractivity contribution in [1.82, 2.24) is 4.90 Å². The molecule has 0 atom stereocenters. The Hall–Kier alpha value is -1.80. The average molecular weight is 325 g/mol. The molecule has 1 aromatic rings. The van der Waals surface area contributed by atoms with Crippen molar-refractivity contribution >= 4 is 29.2 Å². The Labute approximate surface area is 123 Å². The van der Waals surface area contributed by atoms with Gasteiger partial charge in [-0.25, -0.2) is 0 Å². The second kappa shape index (κ2) is 6.77. The largest absolute Gasteiger partial charge is 0.480 e. The van der Waals surface area contributed by atoms with E-state index in [1.54, 1.807) is 0 Å². The van der Waals surface area contributed by atoms with E-state index in [1.807, 2.05) is 0 Å². The number of benzene rings is 1. The molecule has 0 fully saturated rings. The second-order valence-corrected chi connectivity index (χ2v) is 4.71. The van der Waals surface area contributed by atoms with Crippen molar-refractivity contribution in [2.75, 3.05) is 25.5 Å². The molecule has 0 radical (unpaired) electrons. The third kappa shape index (κ3) is 5.60. The maximum absolute atomic E-state index is 12.6. The minimum atomic E-state index is -4.55. The number of carbonyl (C=O) groups excluding carboxylic acids is 1. The summed E-state index contributed by atoms with van der Waals surface area (Å²) in [4.78, 5) is 23.3. The third-order valence-electron chi connectivity index (χ3n) is 2.39. The van der Waals surface area contributed by atoms with E-state index >= 15 is 0 Å². The number of aliphatic carboxylic acids is 1. The van der Waals surface area contributed by atoms with Gasteiger partial charge in [-0.2, -0.15) is 13.2 Å². The van der Waals surface area contributed by atoms with Crippen molar-refractivity contribution < 1.29 is 27.9 Å². The summed E-state index contributed by atoms with van der Waals surface area (Å²) in [5.41, 5.74) is -1.12. The molecule has 9 heteroatoms. The van der Waals surface area contributed by atoms with E-state index in [0.717, 1.165) is 18.2 Å². The monoisotopic (exact) mass is 324 g/mol. The number of hydrogen-bond donors (Lipinski definition) is 2. The first kappa shape index (κ1) is 17.3. The highest BCUT2D eigenvalue weighted by Crippen LogP contribution is 2.33. The van der Waals surface area contributed by atoms with Crippen LogP contribution in [-0.4, -0.2) is 42.0 Å². The van der Waals surface area contributed by atoms with Gasteiger partial charge in [0.05, 0.1) is 29.4 Å². The van der Waals surface area contributed by atoms with E-state index in [0.29, 0.717) is 0 Å². The van der Waals surface area contributed by atoms with Gasteiger partial charge >= 0.3 is 12.1 Å². The van der Waals surface area contributed by atoms with E-state index in [-0.39, 0.29) is 23.8 Å². The Morgan fingerprint density at radius 2 is 1.95 bits per heavy atom. The summed E-state index contributed by atoms with van der Waals surface area (Å²) in [7, 11) is 1.39. The molecular weight excluding hydrogens is 313 g/mol. The third-order valence-corrected chi connectivity index (χ3v) is 2.72. The van der Waals surface area contributed by atoms with Crippen LogP contribution in [0.1, 0.15) is 5.56 Å². The fourth-order valence-corrected chi connectivity index (χ4v) is 1.68. The zero-order valence-corrected chi connectivity index (χ0v) is 11.6. The highest BCUT2D eigenvalue weighted by atomic mass is 35.5. The van der Waals surface area contributed by atoms with Gasteiger partial charge in [0.1, 0.15) is 0 Å². The molecule has 0 bridgehead atoms. The molecule has 0 aliphatic heterocycles. The predicted octanol–water partition coefficient (Wildman–Crippen LogP) is 2.31. The van der Waals surface area contributed by atoms with Crippen molar-refractivity contribution in [2.24, 2.45) is 0 Å². The number of carboxylic acids is 1. The Morgan fingerprint density at radius 3 is 2.48 bits per heavy atom. The number of rotatable bonds is 5. The molecule has 21 heavy (non-hydrogen) atoms. The molecule has 0 aromatic heterocycles. The maximum atomic E-state index is 12.6. The van der Waals surface area contributed by atoms with Gasteiger partial charge in [0.25, 0.3) is 0 Å². The van der Waals surface area contributed by atoms with Crippen LogP contribution in [0.25, 0.3) is 0 Å². The van der Waals surface area contributed by atoms with Gasteiger partial charge in [0.15, 0.2) is 0 Å². The number of anilines is 1. The quantitative estimate of drug-likeness (QED) is 0.872. The number of hydrogen-bond acceptors (Lipinski definition) is 3. The van der Waals surface area contributed by atoms with Crippen LogP contribution in [0.15, 0.2) is 18.2 Å². The van der Waals surface area contributed by atoms with Gasteiger partial charge in [-0.1, -0.05) is 11.6 Å². The van der Waals surface area contributed by atoms with E-state index in [4.69, 9.17) is 16.7 Å². The standard InChI is InChI=1S/C12H12ClF3N2O3/c1-18(6-11(20)21)5-10(19)17-9-4-7(12(14,15)16)2-3-8(9)13/h2-4H,5-6H2,1H3,(H,17,19)(H,20,21). The first-order valence-corrected chi connectivity index (χ1v) is 6.04. The SMILES string of the molecule is CN(CC(=O)O)CC(=O)Nc1cc(C(F)(F)F)ccc1Cl.